The van der Waals surface area contributed by atoms with Crippen LogP contribution in [0.5, 0.6) is 0 Å². The molecule has 1 aromatic carbocycles. The normalized spacial score (nSPS) is 26.5. The van der Waals surface area contributed by atoms with Crippen LogP contribution in [0.25, 0.3) is 0 Å². The van der Waals surface area contributed by atoms with Gasteiger partial charge < -0.3 is 10.4 Å². The zero-order chi connectivity index (χ0) is 17.7. The second kappa shape index (κ2) is 8.33. The van der Waals surface area contributed by atoms with Crippen molar-refractivity contribution in [2.45, 2.75) is 70.1 Å². The third-order valence-corrected chi connectivity index (χ3v) is 5.88. The van der Waals surface area contributed by atoms with Gasteiger partial charge in [-0.25, -0.2) is 0 Å². The predicted octanol–water partition coefficient (Wildman–Crippen LogP) is 3.10. The summed E-state index contributed by atoms with van der Waals surface area (Å²) in [6.45, 7) is 5.01. The van der Waals surface area contributed by atoms with Crippen LogP contribution in [0, 0.1) is 5.92 Å². The van der Waals surface area contributed by atoms with Crippen molar-refractivity contribution in [1.29, 1.82) is 0 Å². The number of nitrogens with zero attached hydrogens (tertiary/aromatic N) is 1. The Morgan fingerprint density at radius 3 is 2.68 bits per heavy atom. The number of hydrogen-bond donors (Lipinski definition) is 2. The number of aliphatic hydroxyl groups is 1. The predicted molar refractivity (Wildman–Crippen MR) is 100 cm³/mol. The minimum absolute atomic E-state index is 0.0126. The van der Waals surface area contributed by atoms with Gasteiger partial charge in [-0.1, -0.05) is 49.6 Å². The van der Waals surface area contributed by atoms with E-state index in [1.165, 1.54) is 12.0 Å². The standard InChI is InChI=1S/C21H32N2O2/c1-17-12-19(16-23(17)15-18-8-4-2-5-9-18)14-22-20(24)13-21(25)10-6-3-7-11-21/h2,4-5,8-9,17,19,25H,3,6-7,10-16H2,1H3,(H,22,24). The van der Waals surface area contributed by atoms with Crippen molar-refractivity contribution < 1.29 is 9.90 Å². The van der Waals surface area contributed by atoms with E-state index in [4.69, 9.17) is 0 Å². The molecular formula is C21H32N2O2. The van der Waals surface area contributed by atoms with Crippen LogP contribution in [0.2, 0.25) is 0 Å². The fourth-order valence-electron chi connectivity index (χ4n) is 4.41. The lowest BCUT2D eigenvalue weighted by atomic mass is 9.82. The molecule has 1 saturated heterocycles. The third kappa shape index (κ3) is 5.29. The molecule has 1 aromatic rings. The minimum Gasteiger partial charge on any atom is -0.389 e. The first-order valence-corrected chi connectivity index (χ1v) is 9.81. The van der Waals surface area contributed by atoms with Gasteiger partial charge in [-0.05, 0) is 37.7 Å². The lowest BCUT2D eigenvalue weighted by Crippen LogP contribution is -2.40. The highest BCUT2D eigenvalue weighted by molar-refractivity contribution is 5.77. The van der Waals surface area contributed by atoms with Gasteiger partial charge in [-0.2, -0.15) is 0 Å². The molecule has 1 heterocycles. The average molecular weight is 344 g/mol. The molecule has 2 aliphatic rings. The molecule has 3 rings (SSSR count). The van der Waals surface area contributed by atoms with Gasteiger partial charge in [0.2, 0.25) is 5.91 Å². The minimum atomic E-state index is -0.759. The van der Waals surface area contributed by atoms with Crippen molar-refractivity contribution in [2.75, 3.05) is 13.1 Å². The Kier molecular flexibility index (Phi) is 6.13. The number of carbonyl (C=O) groups is 1. The molecule has 2 atom stereocenters. The summed E-state index contributed by atoms with van der Waals surface area (Å²) in [5, 5.41) is 13.6. The Morgan fingerprint density at radius 1 is 1.24 bits per heavy atom. The molecule has 1 saturated carbocycles. The Morgan fingerprint density at radius 2 is 1.96 bits per heavy atom. The van der Waals surface area contributed by atoms with Gasteiger partial charge in [-0.3, -0.25) is 9.69 Å². The van der Waals surface area contributed by atoms with Crippen LogP contribution in [0.1, 0.15) is 57.4 Å². The van der Waals surface area contributed by atoms with Gasteiger partial charge in [0.15, 0.2) is 0 Å². The first-order chi connectivity index (χ1) is 12.0. The Hall–Kier alpha value is -1.39. The Bertz CT molecular complexity index is 554. The number of amides is 1. The van der Waals surface area contributed by atoms with Gasteiger partial charge in [0.25, 0.3) is 0 Å². The van der Waals surface area contributed by atoms with Crippen LogP contribution in [-0.2, 0) is 11.3 Å². The maximum Gasteiger partial charge on any atom is 0.222 e. The summed E-state index contributed by atoms with van der Waals surface area (Å²) in [5.74, 6) is 0.516. The van der Waals surface area contributed by atoms with Crippen molar-refractivity contribution >= 4 is 5.91 Å². The maximum atomic E-state index is 12.2. The third-order valence-electron chi connectivity index (χ3n) is 5.88. The van der Waals surface area contributed by atoms with E-state index < -0.39 is 5.60 Å². The highest BCUT2D eigenvalue weighted by atomic mass is 16.3. The number of carbonyl (C=O) groups excluding carboxylic acids is 1. The lowest BCUT2D eigenvalue weighted by molar-refractivity contribution is -0.127. The zero-order valence-electron chi connectivity index (χ0n) is 15.4. The van der Waals surface area contributed by atoms with Crippen LogP contribution >= 0.6 is 0 Å². The van der Waals surface area contributed by atoms with Crippen molar-refractivity contribution in [1.82, 2.24) is 10.2 Å². The van der Waals surface area contributed by atoms with E-state index in [2.05, 4.69) is 47.5 Å². The smallest absolute Gasteiger partial charge is 0.222 e. The number of benzene rings is 1. The van der Waals surface area contributed by atoms with E-state index in [-0.39, 0.29) is 12.3 Å². The van der Waals surface area contributed by atoms with E-state index in [0.717, 1.165) is 51.7 Å². The Balaban J connectivity index is 1.42. The van der Waals surface area contributed by atoms with Gasteiger partial charge in [-0.15, -0.1) is 0 Å². The molecule has 1 aliphatic carbocycles. The van der Waals surface area contributed by atoms with Crippen LogP contribution in [0.3, 0.4) is 0 Å². The molecule has 0 aromatic heterocycles. The second-order valence-corrected chi connectivity index (χ2v) is 8.13. The molecule has 2 fully saturated rings. The summed E-state index contributed by atoms with van der Waals surface area (Å²) in [6.07, 6.45) is 6.19. The number of nitrogens with one attached hydrogen (secondary N) is 1. The van der Waals surface area contributed by atoms with Gasteiger partial charge in [0, 0.05) is 25.7 Å². The fourth-order valence-corrected chi connectivity index (χ4v) is 4.41. The first-order valence-electron chi connectivity index (χ1n) is 9.81. The van der Waals surface area contributed by atoms with E-state index in [1.807, 2.05) is 0 Å². The molecule has 2 N–H and O–H groups in total. The van der Waals surface area contributed by atoms with E-state index >= 15 is 0 Å². The highest BCUT2D eigenvalue weighted by Gasteiger charge is 2.33. The molecular weight excluding hydrogens is 312 g/mol. The summed E-state index contributed by atoms with van der Waals surface area (Å²) in [6, 6.07) is 11.1. The van der Waals surface area contributed by atoms with Gasteiger partial charge in [0.05, 0.1) is 12.0 Å². The molecule has 4 nitrogen and oxygen atoms in total. The van der Waals surface area contributed by atoms with Gasteiger partial charge in [0.1, 0.15) is 0 Å². The Labute approximate surface area is 151 Å². The lowest BCUT2D eigenvalue weighted by Gasteiger charge is -2.31. The fraction of sp³-hybridized carbons (Fsp3) is 0.667. The summed E-state index contributed by atoms with van der Waals surface area (Å²) in [7, 11) is 0. The molecule has 138 valence electrons. The average Bonchev–Trinajstić information content (AvgIpc) is 2.94. The molecule has 0 radical (unpaired) electrons. The summed E-state index contributed by atoms with van der Waals surface area (Å²) < 4.78 is 0. The molecule has 25 heavy (non-hydrogen) atoms. The number of rotatable bonds is 6. The summed E-state index contributed by atoms with van der Waals surface area (Å²) in [4.78, 5) is 14.7. The molecule has 1 amide bonds. The number of likely N-dealkylation sites (tertiary alicyclic amines) is 1. The van der Waals surface area contributed by atoms with E-state index in [1.54, 1.807) is 0 Å². The van der Waals surface area contributed by atoms with Crippen LogP contribution in [0.15, 0.2) is 30.3 Å². The highest BCUT2D eigenvalue weighted by Crippen LogP contribution is 2.31. The SMILES string of the molecule is CC1CC(CNC(=O)CC2(O)CCCCC2)CN1Cc1ccccc1. The topological polar surface area (TPSA) is 52.6 Å². The summed E-state index contributed by atoms with van der Waals surface area (Å²) in [5.41, 5.74) is 0.587. The van der Waals surface area contributed by atoms with Crippen molar-refractivity contribution in [3.63, 3.8) is 0 Å². The van der Waals surface area contributed by atoms with Crippen molar-refractivity contribution in [3.05, 3.63) is 35.9 Å². The molecule has 0 bridgehead atoms. The van der Waals surface area contributed by atoms with Crippen LogP contribution in [-0.4, -0.2) is 40.6 Å². The van der Waals surface area contributed by atoms with Crippen molar-refractivity contribution in [2.24, 2.45) is 5.92 Å². The molecule has 4 heteroatoms. The second-order valence-electron chi connectivity index (χ2n) is 8.13. The first kappa shape index (κ1) is 18.4. The monoisotopic (exact) mass is 344 g/mol. The van der Waals surface area contributed by atoms with Crippen LogP contribution in [0.4, 0.5) is 0 Å². The van der Waals surface area contributed by atoms with Gasteiger partial charge >= 0.3 is 0 Å². The van der Waals surface area contributed by atoms with Crippen molar-refractivity contribution in [3.8, 4) is 0 Å². The molecule has 2 unspecified atom stereocenters. The van der Waals surface area contributed by atoms with E-state index in [0.29, 0.717) is 12.0 Å². The molecule has 1 aliphatic heterocycles. The zero-order valence-corrected chi connectivity index (χ0v) is 15.4. The largest absolute Gasteiger partial charge is 0.389 e. The van der Waals surface area contributed by atoms with Crippen LogP contribution < -0.4 is 5.32 Å². The quantitative estimate of drug-likeness (QED) is 0.834. The maximum absolute atomic E-state index is 12.2. The molecule has 0 spiro atoms. The number of hydrogen-bond acceptors (Lipinski definition) is 3. The summed E-state index contributed by atoms with van der Waals surface area (Å²) >= 11 is 0. The van der Waals surface area contributed by atoms with E-state index in [9.17, 15) is 9.90 Å².